The predicted octanol–water partition coefficient (Wildman–Crippen LogP) is 1.58. The molecule has 0 fully saturated rings. The Morgan fingerprint density at radius 3 is 1.63 bits per heavy atom. The van der Waals surface area contributed by atoms with E-state index in [1.165, 1.54) is 13.8 Å². The average Bonchev–Trinajstić information content (AvgIpc) is 2.28. The van der Waals surface area contributed by atoms with E-state index < -0.39 is 17.4 Å². The molecule has 0 N–H and O–H groups in total. The van der Waals surface area contributed by atoms with E-state index in [0.717, 1.165) is 25.7 Å². The molecule has 0 rings (SSSR count). The number of hydrogen-bond acceptors (Lipinski definition) is 4. The van der Waals surface area contributed by atoms with Crippen LogP contribution in [0.5, 0.6) is 0 Å². The van der Waals surface area contributed by atoms with Crippen LogP contribution in [0.2, 0.25) is 0 Å². The molecule has 0 amide bonds. The first kappa shape index (κ1) is 20.9. The van der Waals surface area contributed by atoms with E-state index >= 15 is 0 Å². The van der Waals surface area contributed by atoms with Crippen LogP contribution in [0.25, 0.3) is 0 Å². The zero-order valence-corrected chi connectivity index (χ0v) is 11.9. The molecule has 0 atom stereocenters. The van der Waals surface area contributed by atoms with Gasteiger partial charge in [0.25, 0.3) is 0 Å². The van der Waals surface area contributed by atoms with Crippen molar-refractivity contribution >= 4 is 41.6 Å². The van der Waals surface area contributed by atoms with Crippen molar-refractivity contribution in [1.29, 1.82) is 0 Å². The van der Waals surface area contributed by atoms with Gasteiger partial charge in [-0.1, -0.05) is 39.5 Å². The van der Waals surface area contributed by atoms with Gasteiger partial charge in [-0.15, -0.1) is 0 Å². The molecule has 112 valence electrons. The summed E-state index contributed by atoms with van der Waals surface area (Å²) in [5, 5.41) is 0. The summed E-state index contributed by atoms with van der Waals surface area (Å²) in [6.45, 7) is 6.59. The second-order valence-corrected chi connectivity index (χ2v) is 4.73. The molecule has 4 nitrogen and oxygen atoms in total. The number of carbonyl (C=O) groups is 3. The summed E-state index contributed by atoms with van der Waals surface area (Å²) >= 11 is 0. The Kier molecular flexibility index (Phi) is 11.5. The van der Waals surface area contributed by atoms with E-state index in [9.17, 15) is 14.4 Å². The summed E-state index contributed by atoms with van der Waals surface area (Å²) < 4.78 is 4.67. The van der Waals surface area contributed by atoms with Gasteiger partial charge in [0.1, 0.15) is 11.2 Å². The van der Waals surface area contributed by atoms with Crippen LogP contribution >= 0.6 is 0 Å². The van der Waals surface area contributed by atoms with Gasteiger partial charge in [0.05, 0.1) is 0 Å². The zero-order valence-electron chi connectivity index (χ0n) is 11.9. The quantitative estimate of drug-likeness (QED) is 0.365. The van der Waals surface area contributed by atoms with Gasteiger partial charge in [-0.05, 0) is 19.8 Å². The van der Waals surface area contributed by atoms with Gasteiger partial charge in [-0.3, -0.25) is 14.4 Å². The third kappa shape index (κ3) is 6.54. The summed E-state index contributed by atoms with van der Waals surface area (Å²) in [5.74, 6) is -1.53. The number of Topliss-reactive ketones (excluding diaryl/α,β-unsaturated/α-hetero) is 1. The molecular weight excluding hydrogens is 351 g/mol. The molecule has 0 aliphatic heterocycles. The third-order valence-corrected chi connectivity index (χ3v) is 3.22. The number of ketones is 1. The van der Waals surface area contributed by atoms with Crippen LogP contribution in [0, 0.1) is 5.41 Å². The second-order valence-electron chi connectivity index (χ2n) is 4.73. The summed E-state index contributed by atoms with van der Waals surface area (Å²) in [5.41, 5.74) is -1.13. The zero-order chi connectivity index (χ0) is 14.2. The van der Waals surface area contributed by atoms with Gasteiger partial charge < -0.3 is 4.74 Å². The minimum atomic E-state index is -1.13. The average molecular weight is 379 g/mol. The molecule has 0 radical (unpaired) electrons. The van der Waals surface area contributed by atoms with Gasteiger partial charge >= 0.3 is 35.8 Å². The van der Waals surface area contributed by atoms with Crippen LogP contribution in [0.1, 0.15) is 66.2 Å². The fourth-order valence-electron chi connectivity index (χ4n) is 2.01. The summed E-state index contributed by atoms with van der Waals surface area (Å²) in [4.78, 5) is 34.9. The number of hydrogen-bond donors (Lipinski definition) is 0. The van der Waals surface area contributed by atoms with E-state index in [2.05, 4.69) is 4.74 Å². The molecule has 0 saturated carbocycles. The Bertz CT molecular complexity index is 305. The van der Waals surface area contributed by atoms with Crippen molar-refractivity contribution in [1.82, 2.24) is 0 Å². The van der Waals surface area contributed by atoms with Gasteiger partial charge in [0.15, 0.2) is 0 Å². The van der Waals surface area contributed by atoms with E-state index in [1.54, 1.807) is 0 Å². The SMILES string of the molecule is CCCCC(CCCC)(C(C)=O)C(=O)OC(C)=O.[SnH4]. The first-order valence-corrected chi connectivity index (χ1v) is 6.64. The first-order valence-electron chi connectivity index (χ1n) is 6.64. The van der Waals surface area contributed by atoms with Gasteiger partial charge in [0, 0.05) is 6.92 Å². The van der Waals surface area contributed by atoms with E-state index in [4.69, 9.17) is 0 Å². The molecule has 19 heavy (non-hydrogen) atoms. The molecule has 0 aromatic carbocycles. The van der Waals surface area contributed by atoms with Crippen molar-refractivity contribution in [2.45, 2.75) is 66.2 Å². The fraction of sp³-hybridized carbons (Fsp3) is 0.786. The third-order valence-electron chi connectivity index (χ3n) is 3.22. The summed E-state index contributed by atoms with van der Waals surface area (Å²) in [6.07, 6.45) is 4.27. The molecular formula is C14H28O4Sn. The maximum atomic E-state index is 12.1. The van der Waals surface area contributed by atoms with Crippen molar-refractivity contribution in [3.05, 3.63) is 0 Å². The first-order chi connectivity index (χ1) is 8.40. The molecule has 0 spiro atoms. The second kappa shape index (κ2) is 10.4. The van der Waals surface area contributed by atoms with Crippen molar-refractivity contribution < 1.29 is 19.1 Å². The van der Waals surface area contributed by atoms with E-state index in [1.807, 2.05) is 13.8 Å². The van der Waals surface area contributed by atoms with Gasteiger partial charge in [-0.2, -0.15) is 0 Å². The van der Waals surface area contributed by atoms with Crippen molar-refractivity contribution in [3.63, 3.8) is 0 Å². The van der Waals surface area contributed by atoms with Crippen LogP contribution in [-0.4, -0.2) is 41.6 Å². The summed E-state index contributed by atoms with van der Waals surface area (Å²) in [6, 6.07) is 0. The van der Waals surface area contributed by atoms with E-state index in [-0.39, 0.29) is 29.7 Å². The number of unbranched alkanes of at least 4 members (excludes halogenated alkanes) is 2. The van der Waals surface area contributed by atoms with Crippen LogP contribution < -0.4 is 0 Å². The van der Waals surface area contributed by atoms with Gasteiger partial charge in [0.2, 0.25) is 0 Å². The Morgan fingerprint density at radius 2 is 1.37 bits per heavy atom. The normalized spacial score (nSPS) is 10.5. The van der Waals surface area contributed by atoms with Crippen molar-refractivity contribution in [3.8, 4) is 0 Å². The number of esters is 2. The molecule has 0 saturated heterocycles. The molecule has 0 heterocycles. The van der Waals surface area contributed by atoms with Crippen molar-refractivity contribution in [2.75, 3.05) is 0 Å². The Balaban J connectivity index is 0. The van der Waals surface area contributed by atoms with Crippen LogP contribution in [0.3, 0.4) is 0 Å². The number of carbonyl (C=O) groups excluding carboxylic acids is 3. The molecule has 0 aliphatic rings. The monoisotopic (exact) mass is 380 g/mol. The standard InChI is InChI=1S/C14H24O4.Sn.4H/c1-5-7-9-14(11(3)15,10-8-6-2)13(17)18-12(4)16;;;;;/h5-10H2,1-4H3;;;;;. The Morgan fingerprint density at radius 1 is 0.947 bits per heavy atom. The summed E-state index contributed by atoms with van der Waals surface area (Å²) in [7, 11) is 0. The predicted molar refractivity (Wildman–Crippen MR) is 80.3 cm³/mol. The van der Waals surface area contributed by atoms with Gasteiger partial charge in [-0.25, -0.2) is 0 Å². The molecule has 0 bridgehead atoms. The van der Waals surface area contributed by atoms with Crippen LogP contribution in [-0.2, 0) is 19.1 Å². The number of ether oxygens (including phenoxy) is 1. The molecule has 0 unspecified atom stereocenters. The molecule has 0 aromatic rings. The number of rotatable bonds is 8. The van der Waals surface area contributed by atoms with E-state index in [0.29, 0.717) is 12.8 Å². The molecule has 5 heteroatoms. The maximum absolute atomic E-state index is 12.1. The molecule has 0 aromatic heterocycles. The van der Waals surface area contributed by atoms with Crippen LogP contribution in [0.4, 0.5) is 0 Å². The topological polar surface area (TPSA) is 60.4 Å². The fourth-order valence-corrected chi connectivity index (χ4v) is 2.01. The Hall–Kier alpha value is -0.391. The molecule has 0 aliphatic carbocycles. The van der Waals surface area contributed by atoms with Crippen molar-refractivity contribution in [2.24, 2.45) is 5.41 Å². The minimum absolute atomic E-state index is 0. The Labute approximate surface area is 132 Å². The van der Waals surface area contributed by atoms with Crippen LogP contribution in [0.15, 0.2) is 0 Å².